The summed E-state index contributed by atoms with van der Waals surface area (Å²) in [6, 6.07) is 11.6. The Balaban J connectivity index is 1.76. The molecule has 23 heavy (non-hydrogen) atoms. The number of amides is 2. The number of carbonyl (C=O) groups excluding carboxylic acids is 2. The van der Waals surface area contributed by atoms with E-state index < -0.39 is 0 Å². The smallest absolute Gasteiger partial charge is 0.323 e. The second-order valence-corrected chi connectivity index (χ2v) is 5.05. The molecule has 3 aromatic rings. The molecule has 0 aliphatic heterocycles. The molecule has 7 heteroatoms. The zero-order chi connectivity index (χ0) is 16.4. The summed E-state index contributed by atoms with van der Waals surface area (Å²) in [7, 11) is 0. The SMILES string of the molecule is CC(=O)Nc1ccc(C(=O)Nc2ccc3[nH]c(=O)[nH]c3c2)cc1. The number of rotatable bonds is 3. The molecule has 2 amide bonds. The first-order valence-corrected chi connectivity index (χ1v) is 6.92. The number of hydrogen-bond acceptors (Lipinski definition) is 3. The third kappa shape index (κ3) is 3.29. The van der Waals surface area contributed by atoms with Crippen molar-refractivity contribution in [1.29, 1.82) is 0 Å². The fourth-order valence-corrected chi connectivity index (χ4v) is 2.22. The van der Waals surface area contributed by atoms with Gasteiger partial charge < -0.3 is 20.6 Å². The predicted molar refractivity (Wildman–Crippen MR) is 87.6 cm³/mol. The number of aromatic nitrogens is 2. The first-order chi connectivity index (χ1) is 11.0. The third-order valence-corrected chi connectivity index (χ3v) is 3.24. The zero-order valence-corrected chi connectivity index (χ0v) is 12.3. The van der Waals surface area contributed by atoms with Crippen molar-refractivity contribution in [2.45, 2.75) is 6.92 Å². The van der Waals surface area contributed by atoms with Crippen molar-refractivity contribution in [3.05, 3.63) is 58.5 Å². The Hall–Kier alpha value is -3.35. The lowest BCUT2D eigenvalue weighted by atomic mass is 10.2. The molecule has 0 unspecified atom stereocenters. The van der Waals surface area contributed by atoms with E-state index >= 15 is 0 Å². The topological polar surface area (TPSA) is 107 Å². The van der Waals surface area contributed by atoms with Gasteiger partial charge in [-0.3, -0.25) is 9.59 Å². The van der Waals surface area contributed by atoms with Gasteiger partial charge in [0.25, 0.3) is 5.91 Å². The molecule has 1 aromatic heterocycles. The Kier molecular flexibility index (Phi) is 3.68. The minimum Gasteiger partial charge on any atom is -0.326 e. The number of anilines is 2. The van der Waals surface area contributed by atoms with E-state index in [4.69, 9.17) is 0 Å². The molecule has 0 bridgehead atoms. The Bertz CT molecular complexity index is 938. The van der Waals surface area contributed by atoms with Gasteiger partial charge in [0.1, 0.15) is 0 Å². The number of imidazole rings is 1. The zero-order valence-electron chi connectivity index (χ0n) is 12.3. The summed E-state index contributed by atoms with van der Waals surface area (Å²) in [4.78, 5) is 39.7. The van der Waals surface area contributed by atoms with Gasteiger partial charge in [-0.15, -0.1) is 0 Å². The first kappa shape index (κ1) is 14.6. The number of benzene rings is 2. The Labute approximate surface area is 130 Å². The van der Waals surface area contributed by atoms with Crippen LogP contribution in [-0.2, 0) is 4.79 Å². The molecule has 1 heterocycles. The van der Waals surface area contributed by atoms with Crippen molar-refractivity contribution in [3.8, 4) is 0 Å². The maximum absolute atomic E-state index is 12.2. The number of aromatic amines is 2. The summed E-state index contributed by atoms with van der Waals surface area (Å²) in [5.74, 6) is -0.451. The van der Waals surface area contributed by atoms with Crippen LogP contribution in [0.3, 0.4) is 0 Å². The standard InChI is InChI=1S/C16H14N4O3/c1-9(21)17-11-4-2-10(3-5-11)15(22)18-12-6-7-13-14(8-12)20-16(23)19-13/h2-8H,1H3,(H,17,21)(H,18,22)(H2,19,20,23). The highest BCUT2D eigenvalue weighted by molar-refractivity contribution is 6.05. The summed E-state index contributed by atoms with van der Waals surface area (Å²) in [6.07, 6.45) is 0. The van der Waals surface area contributed by atoms with Gasteiger partial charge in [-0.25, -0.2) is 4.79 Å². The quantitative estimate of drug-likeness (QED) is 0.595. The van der Waals surface area contributed by atoms with Crippen molar-refractivity contribution < 1.29 is 9.59 Å². The summed E-state index contributed by atoms with van der Waals surface area (Å²) in [6.45, 7) is 1.42. The molecule has 0 saturated carbocycles. The Morgan fingerprint density at radius 2 is 1.52 bits per heavy atom. The molecule has 3 rings (SSSR count). The van der Waals surface area contributed by atoms with Crippen LogP contribution in [0.4, 0.5) is 11.4 Å². The van der Waals surface area contributed by atoms with E-state index in [1.54, 1.807) is 42.5 Å². The summed E-state index contributed by atoms with van der Waals surface area (Å²) < 4.78 is 0. The van der Waals surface area contributed by atoms with E-state index in [1.165, 1.54) is 6.92 Å². The van der Waals surface area contributed by atoms with Crippen LogP contribution in [-0.4, -0.2) is 21.8 Å². The molecule has 0 radical (unpaired) electrons. The van der Waals surface area contributed by atoms with Crippen LogP contribution in [0.25, 0.3) is 11.0 Å². The molecule has 0 spiro atoms. The molecule has 0 saturated heterocycles. The van der Waals surface area contributed by atoms with Gasteiger partial charge in [-0.1, -0.05) is 0 Å². The monoisotopic (exact) mass is 310 g/mol. The van der Waals surface area contributed by atoms with Gasteiger partial charge in [0, 0.05) is 23.9 Å². The number of hydrogen-bond donors (Lipinski definition) is 4. The number of H-pyrrole nitrogens is 2. The van der Waals surface area contributed by atoms with E-state index in [9.17, 15) is 14.4 Å². The van der Waals surface area contributed by atoms with Crippen LogP contribution in [0.2, 0.25) is 0 Å². The lowest BCUT2D eigenvalue weighted by Crippen LogP contribution is -2.12. The second-order valence-electron chi connectivity index (χ2n) is 5.05. The van der Waals surface area contributed by atoms with E-state index in [0.29, 0.717) is 28.0 Å². The molecular formula is C16H14N4O3. The molecule has 4 N–H and O–H groups in total. The molecule has 116 valence electrons. The van der Waals surface area contributed by atoms with Crippen LogP contribution < -0.4 is 16.3 Å². The molecule has 0 aliphatic carbocycles. The van der Waals surface area contributed by atoms with Crippen LogP contribution in [0.15, 0.2) is 47.3 Å². The lowest BCUT2D eigenvalue weighted by Gasteiger charge is -2.07. The summed E-state index contributed by atoms with van der Waals surface area (Å²) in [5.41, 5.74) is 2.66. The van der Waals surface area contributed by atoms with Gasteiger partial charge in [-0.2, -0.15) is 0 Å². The highest BCUT2D eigenvalue weighted by Gasteiger charge is 2.07. The highest BCUT2D eigenvalue weighted by Crippen LogP contribution is 2.16. The van der Waals surface area contributed by atoms with Gasteiger partial charge in [-0.05, 0) is 42.5 Å². The first-order valence-electron chi connectivity index (χ1n) is 6.92. The van der Waals surface area contributed by atoms with Gasteiger partial charge >= 0.3 is 5.69 Å². The van der Waals surface area contributed by atoms with Gasteiger partial charge in [0.15, 0.2) is 0 Å². The lowest BCUT2D eigenvalue weighted by molar-refractivity contribution is -0.114. The van der Waals surface area contributed by atoms with Crippen molar-refractivity contribution in [3.63, 3.8) is 0 Å². The van der Waals surface area contributed by atoms with Gasteiger partial charge in [0.2, 0.25) is 5.91 Å². The largest absolute Gasteiger partial charge is 0.326 e. The van der Waals surface area contributed by atoms with Crippen molar-refractivity contribution in [1.82, 2.24) is 9.97 Å². The van der Waals surface area contributed by atoms with E-state index in [1.807, 2.05) is 0 Å². The number of nitrogens with one attached hydrogen (secondary N) is 4. The second kappa shape index (κ2) is 5.80. The highest BCUT2D eigenvalue weighted by atomic mass is 16.2. The molecule has 0 aliphatic rings. The summed E-state index contributed by atoms with van der Waals surface area (Å²) >= 11 is 0. The fourth-order valence-electron chi connectivity index (χ4n) is 2.22. The Morgan fingerprint density at radius 3 is 2.22 bits per heavy atom. The van der Waals surface area contributed by atoms with Crippen molar-refractivity contribution >= 4 is 34.2 Å². The number of fused-ring (bicyclic) bond motifs is 1. The maximum Gasteiger partial charge on any atom is 0.323 e. The van der Waals surface area contributed by atoms with Crippen LogP contribution >= 0.6 is 0 Å². The normalized spacial score (nSPS) is 10.5. The summed E-state index contributed by atoms with van der Waals surface area (Å²) in [5, 5.41) is 5.39. The van der Waals surface area contributed by atoms with Crippen LogP contribution in [0, 0.1) is 0 Å². The van der Waals surface area contributed by atoms with Gasteiger partial charge in [0.05, 0.1) is 11.0 Å². The fraction of sp³-hybridized carbons (Fsp3) is 0.0625. The predicted octanol–water partition coefficient (Wildman–Crippen LogP) is 2.07. The maximum atomic E-state index is 12.2. The van der Waals surface area contributed by atoms with E-state index in [0.717, 1.165) is 0 Å². The van der Waals surface area contributed by atoms with Crippen LogP contribution in [0.1, 0.15) is 17.3 Å². The third-order valence-electron chi connectivity index (χ3n) is 3.24. The van der Waals surface area contributed by atoms with E-state index in [2.05, 4.69) is 20.6 Å². The molecule has 2 aromatic carbocycles. The molecule has 0 fully saturated rings. The number of carbonyl (C=O) groups is 2. The van der Waals surface area contributed by atoms with E-state index in [-0.39, 0.29) is 17.5 Å². The average molecular weight is 310 g/mol. The molecule has 7 nitrogen and oxygen atoms in total. The minimum absolute atomic E-state index is 0.170. The average Bonchev–Trinajstić information content (AvgIpc) is 2.86. The minimum atomic E-state index is -0.294. The molecule has 0 atom stereocenters. The van der Waals surface area contributed by atoms with Crippen LogP contribution in [0.5, 0.6) is 0 Å². The molecular weight excluding hydrogens is 296 g/mol. The Morgan fingerprint density at radius 1 is 0.870 bits per heavy atom. The van der Waals surface area contributed by atoms with Crippen molar-refractivity contribution in [2.75, 3.05) is 10.6 Å². The van der Waals surface area contributed by atoms with Crippen molar-refractivity contribution in [2.24, 2.45) is 0 Å².